The van der Waals surface area contributed by atoms with Crippen molar-refractivity contribution >= 4 is 0 Å². The van der Waals surface area contributed by atoms with Gasteiger partial charge in [0.2, 0.25) is 0 Å². The van der Waals surface area contributed by atoms with Gasteiger partial charge < -0.3 is 0 Å². The third-order valence-electron chi connectivity index (χ3n) is 6.94. The fraction of sp³-hybridized carbons (Fsp3) is 1.00. The molecule has 13 heavy (non-hydrogen) atoms. The molecule has 0 aromatic heterocycles. The van der Waals surface area contributed by atoms with E-state index in [1.807, 2.05) is 0 Å². The molecule has 0 heteroatoms. The van der Waals surface area contributed by atoms with Crippen LogP contribution in [-0.4, -0.2) is 0 Å². The van der Waals surface area contributed by atoms with E-state index < -0.39 is 0 Å². The van der Waals surface area contributed by atoms with Gasteiger partial charge in [-0.15, -0.1) is 0 Å². The van der Waals surface area contributed by atoms with E-state index in [-0.39, 0.29) is 0 Å². The average Bonchev–Trinajstić information content (AvgIpc) is 2.42. The van der Waals surface area contributed by atoms with E-state index in [2.05, 4.69) is 0 Å². The Labute approximate surface area is 80.1 Å². The summed E-state index contributed by atoms with van der Waals surface area (Å²) in [6.07, 6.45) is 9.76. The molecule has 5 saturated carbocycles. The molecule has 6 unspecified atom stereocenters. The first-order chi connectivity index (χ1) is 6.42. The van der Waals surface area contributed by atoms with Crippen LogP contribution in [0.1, 0.15) is 38.5 Å². The molecule has 0 spiro atoms. The number of fused-ring (bicyclic) bond motifs is 1. The second kappa shape index (κ2) is 1.61. The molecule has 0 aromatic rings. The normalized spacial score (nSPS) is 75.7. The summed E-state index contributed by atoms with van der Waals surface area (Å²) in [6.45, 7) is 0. The zero-order valence-corrected chi connectivity index (χ0v) is 8.21. The number of hydrogen-bond acceptors (Lipinski definition) is 0. The van der Waals surface area contributed by atoms with Gasteiger partial charge in [-0.2, -0.15) is 0 Å². The first-order valence-electron chi connectivity index (χ1n) is 6.42. The molecule has 5 aliphatic carbocycles. The lowest BCUT2D eigenvalue weighted by Gasteiger charge is -2.66. The van der Waals surface area contributed by atoms with Gasteiger partial charge in [0.15, 0.2) is 0 Å². The summed E-state index contributed by atoms with van der Waals surface area (Å²) in [5.41, 5.74) is 0.951. The number of rotatable bonds is 0. The molecule has 0 N–H and O–H groups in total. The minimum atomic E-state index is 0.951. The Hall–Kier alpha value is 0. The van der Waals surface area contributed by atoms with Gasteiger partial charge in [0.1, 0.15) is 0 Å². The zero-order valence-electron chi connectivity index (χ0n) is 8.21. The predicted octanol–water partition coefficient (Wildman–Crippen LogP) is 3.08. The van der Waals surface area contributed by atoms with Gasteiger partial charge in [0.05, 0.1) is 0 Å². The Kier molecular flexibility index (Phi) is 0.804. The van der Waals surface area contributed by atoms with Crippen LogP contribution in [0.4, 0.5) is 0 Å². The van der Waals surface area contributed by atoms with Crippen molar-refractivity contribution in [2.45, 2.75) is 38.5 Å². The van der Waals surface area contributed by atoms with Crippen molar-refractivity contribution in [3.63, 3.8) is 0 Å². The largest absolute Gasteiger partial charge is 0.0530 e. The van der Waals surface area contributed by atoms with Gasteiger partial charge in [0.25, 0.3) is 0 Å². The highest BCUT2D eigenvalue weighted by Crippen LogP contribution is 2.86. The van der Waals surface area contributed by atoms with E-state index in [1.165, 1.54) is 35.5 Å². The summed E-state index contributed by atoms with van der Waals surface area (Å²) in [7, 11) is 0. The van der Waals surface area contributed by atoms with E-state index in [0.29, 0.717) is 0 Å². The molecule has 2 bridgehead atoms. The lowest BCUT2D eigenvalue weighted by molar-refractivity contribution is -0.182. The topological polar surface area (TPSA) is 0 Å². The van der Waals surface area contributed by atoms with Gasteiger partial charge in [-0.05, 0) is 66.6 Å². The molecule has 0 nitrogen and oxygen atoms in total. The maximum Gasteiger partial charge on any atom is -0.0232 e. The Morgan fingerprint density at radius 2 is 1.85 bits per heavy atom. The van der Waals surface area contributed by atoms with Crippen molar-refractivity contribution < 1.29 is 0 Å². The van der Waals surface area contributed by atoms with E-state index in [4.69, 9.17) is 0 Å². The highest BCUT2D eigenvalue weighted by Gasteiger charge is 2.80. The molecule has 5 fully saturated rings. The van der Waals surface area contributed by atoms with Crippen LogP contribution in [0.15, 0.2) is 0 Å². The SMILES string of the molecule is C1CCC23CC4C(C5C2C[C@H]45)C3C1. The molecule has 70 valence electrons. The predicted molar refractivity (Wildman–Crippen MR) is 51.1 cm³/mol. The van der Waals surface area contributed by atoms with Crippen molar-refractivity contribution in [2.75, 3.05) is 0 Å². The van der Waals surface area contributed by atoms with Crippen molar-refractivity contribution in [1.82, 2.24) is 0 Å². The third kappa shape index (κ3) is 0.427. The van der Waals surface area contributed by atoms with Crippen LogP contribution in [0.2, 0.25) is 0 Å². The van der Waals surface area contributed by atoms with E-state index in [9.17, 15) is 0 Å². The maximum atomic E-state index is 1.69. The molecule has 7 atom stereocenters. The minimum absolute atomic E-state index is 0.951. The molecule has 0 amide bonds. The van der Waals surface area contributed by atoms with Crippen LogP contribution in [0.3, 0.4) is 0 Å². The lowest BCUT2D eigenvalue weighted by atomic mass is 9.38. The summed E-state index contributed by atoms with van der Waals surface area (Å²) in [5.74, 6) is 7.54. The second-order valence-corrected chi connectivity index (χ2v) is 6.61. The number of hydrogen-bond donors (Lipinski definition) is 0. The zero-order chi connectivity index (χ0) is 8.21. The van der Waals surface area contributed by atoms with Crippen LogP contribution in [-0.2, 0) is 0 Å². The Morgan fingerprint density at radius 1 is 0.923 bits per heavy atom. The van der Waals surface area contributed by atoms with Crippen LogP contribution in [0.25, 0.3) is 0 Å². The maximum absolute atomic E-state index is 1.69. The van der Waals surface area contributed by atoms with Gasteiger partial charge >= 0.3 is 0 Å². The molecule has 0 aliphatic heterocycles. The van der Waals surface area contributed by atoms with E-state index in [1.54, 1.807) is 38.5 Å². The van der Waals surface area contributed by atoms with Crippen LogP contribution >= 0.6 is 0 Å². The van der Waals surface area contributed by atoms with Gasteiger partial charge in [-0.3, -0.25) is 0 Å². The highest BCUT2D eigenvalue weighted by molar-refractivity contribution is 5.28. The molecule has 5 rings (SSSR count). The summed E-state index contributed by atoms with van der Waals surface area (Å²) in [4.78, 5) is 0. The van der Waals surface area contributed by atoms with Gasteiger partial charge in [-0.1, -0.05) is 12.8 Å². The van der Waals surface area contributed by atoms with E-state index in [0.717, 1.165) is 5.41 Å². The molecule has 0 radical (unpaired) electrons. The summed E-state index contributed by atoms with van der Waals surface area (Å²) in [6, 6.07) is 0. The van der Waals surface area contributed by atoms with Crippen molar-refractivity contribution in [1.29, 1.82) is 0 Å². The summed E-state index contributed by atoms with van der Waals surface area (Å²) < 4.78 is 0. The second-order valence-electron chi connectivity index (χ2n) is 6.61. The van der Waals surface area contributed by atoms with E-state index >= 15 is 0 Å². The van der Waals surface area contributed by atoms with Crippen molar-refractivity contribution in [3.8, 4) is 0 Å². The fourth-order valence-electron chi connectivity index (χ4n) is 6.79. The van der Waals surface area contributed by atoms with Gasteiger partial charge in [-0.25, -0.2) is 0 Å². The monoisotopic (exact) mass is 174 g/mol. The van der Waals surface area contributed by atoms with Crippen LogP contribution in [0, 0.1) is 40.9 Å². The standard InChI is InChI=1S/C13H18/c1-2-4-13-6-8-7-5-10(13)11(7)12(8)9(13)3-1/h7-12H,1-6H2/t7-,8?,9?,10?,11?,12?,13?/m1/s1. The first kappa shape index (κ1) is 6.48. The Balaban J connectivity index is 1.72. The minimum Gasteiger partial charge on any atom is -0.0530 e. The summed E-state index contributed by atoms with van der Waals surface area (Å²) >= 11 is 0. The van der Waals surface area contributed by atoms with Crippen molar-refractivity contribution in [2.24, 2.45) is 40.9 Å². The molecular formula is C13H18. The van der Waals surface area contributed by atoms with Gasteiger partial charge in [0, 0.05) is 0 Å². The molecule has 5 aliphatic rings. The highest BCUT2D eigenvalue weighted by atomic mass is 14.8. The fourth-order valence-corrected chi connectivity index (χ4v) is 6.79. The smallest absolute Gasteiger partial charge is 0.0232 e. The van der Waals surface area contributed by atoms with Crippen molar-refractivity contribution in [3.05, 3.63) is 0 Å². The Morgan fingerprint density at radius 3 is 2.69 bits per heavy atom. The average molecular weight is 174 g/mol. The molecule has 0 aromatic carbocycles. The van der Waals surface area contributed by atoms with Crippen LogP contribution < -0.4 is 0 Å². The molecule has 0 heterocycles. The summed E-state index contributed by atoms with van der Waals surface area (Å²) in [5, 5.41) is 0. The Bertz CT molecular complexity index is 286. The molecule has 0 saturated heterocycles. The quantitative estimate of drug-likeness (QED) is 0.529. The first-order valence-corrected chi connectivity index (χ1v) is 6.42. The third-order valence-corrected chi connectivity index (χ3v) is 6.94. The van der Waals surface area contributed by atoms with Crippen LogP contribution in [0.5, 0.6) is 0 Å². The molecular weight excluding hydrogens is 156 g/mol. The lowest BCUT2D eigenvalue weighted by Crippen LogP contribution is -2.60.